The molecule has 0 spiro atoms. The minimum atomic E-state index is -0.694. The Bertz CT molecular complexity index is 595. The second-order valence-electron chi connectivity index (χ2n) is 5.16. The van der Waals surface area contributed by atoms with Crippen LogP contribution in [0.1, 0.15) is 29.7 Å². The molecule has 2 aromatic carbocycles. The Kier molecular flexibility index (Phi) is 4.40. The van der Waals surface area contributed by atoms with Gasteiger partial charge in [-0.25, -0.2) is 4.39 Å². The summed E-state index contributed by atoms with van der Waals surface area (Å²) in [5, 5.41) is 9.81. The first kappa shape index (κ1) is 14.5. The van der Waals surface area contributed by atoms with E-state index in [0.717, 1.165) is 12.2 Å². The van der Waals surface area contributed by atoms with Crippen molar-refractivity contribution >= 4 is 5.69 Å². The zero-order valence-electron chi connectivity index (χ0n) is 12.1. The summed E-state index contributed by atoms with van der Waals surface area (Å²) in [4.78, 5) is 2.03. The van der Waals surface area contributed by atoms with E-state index in [-0.39, 0.29) is 5.82 Å². The van der Waals surface area contributed by atoms with Gasteiger partial charge >= 0.3 is 0 Å². The van der Waals surface area contributed by atoms with Crippen LogP contribution in [-0.2, 0) is 6.54 Å². The standard InChI is InChI=1S/C17H20FNO/c1-12-6-4-5-7-14(12)11-19(3)17-9-8-15(18)10-16(17)13(2)20/h4-10,13,20H,11H2,1-3H3/t13-/m0/s1. The molecule has 2 aromatic rings. The van der Waals surface area contributed by atoms with E-state index in [9.17, 15) is 9.50 Å². The van der Waals surface area contributed by atoms with Crippen molar-refractivity contribution in [3.05, 3.63) is 65.0 Å². The van der Waals surface area contributed by atoms with E-state index in [1.165, 1.54) is 23.3 Å². The van der Waals surface area contributed by atoms with Gasteiger partial charge in [0.25, 0.3) is 0 Å². The molecule has 2 rings (SSSR count). The van der Waals surface area contributed by atoms with Crippen molar-refractivity contribution in [1.82, 2.24) is 0 Å². The molecular weight excluding hydrogens is 253 g/mol. The summed E-state index contributed by atoms with van der Waals surface area (Å²) in [5.41, 5.74) is 3.90. The molecule has 2 nitrogen and oxygen atoms in total. The Morgan fingerprint density at radius 2 is 1.90 bits per heavy atom. The van der Waals surface area contributed by atoms with Crippen molar-refractivity contribution < 1.29 is 9.50 Å². The molecule has 1 atom stereocenters. The van der Waals surface area contributed by atoms with Crippen molar-refractivity contribution in [1.29, 1.82) is 0 Å². The summed E-state index contributed by atoms with van der Waals surface area (Å²) >= 11 is 0. The summed E-state index contributed by atoms with van der Waals surface area (Å²) < 4.78 is 13.3. The Hall–Kier alpha value is -1.87. The summed E-state index contributed by atoms with van der Waals surface area (Å²) in [6.07, 6.45) is -0.694. The maximum Gasteiger partial charge on any atom is 0.123 e. The molecule has 0 unspecified atom stereocenters. The molecule has 0 aliphatic heterocycles. The number of hydrogen-bond acceptors (Lipinski definition) is 2. The van der Waals surface area contributed by atoms with E-state index < -0.39 is 6.10 Å². The number of rotatable bonds is 4. The zero-order valence-corrected chi connectivity index (χ0v) is 12.1. The monoisotopic (exact) mass is 273 g/mol. The number of hydrogen-bond donors (Lipinski definition) is 1. The van der Waals surface area contributed by atoms with Crippen LogP contribution in [0, 0.1) is 12.7 Å². The van der Waals surface area contributed by atoms with Crippen LogP contribution in [0.3, 0.4) is 0 Å². The Morgan fingerprint density at radius 1 is 1.20 bits per heavy atom. The van der Waals surface area contributed by atoms with Gasteiger partial charge in [0.05, 0.1) is 6.10 Å². The molecule has 0 bridgehead atoms. The van der Waals surface area contributed by atoms with Crippen LogP contribution in [0.15, 0.2) is 42.5 Å². The van der Waals surface area contributed by atoms with Gasteiger partial charge in [0, 0.05) is 24.8 Å². The van der Waals surface area contributed by atoms with Crippen molar-refractivity contribution in [2.75, 3.05) is 11.9 Å². The van der Waals surface area contributed by atoms with Gasteiger partial charge in [-0.3, -0.25) is 0 Å². The number of aryl methyl sites for hydroxylation is 1. The van der Waals surface area contributed by atoms with Crippen molar-refractivity contribution in [2.45, 2.75) is 26.5 Å². The smallest absolute Gasteiger partial charge is 0.123 e. The predicted molar refractivity (Wildman–Crippen MR) is 80.3 cm³/mol. The molecule has 0 amide bonds. The van der Waals surface area contributed by atoms with Gasteiger partial charge < -0.3 is 10.0 Å². The highest BCUT2D eigenvalue weighted by atomic mass is 19.1. The Morgan fingerprint density at radius 3 is 2.55 bits per heavy atom. The van der Waals surface area contributed by atoms with E-state index in [0.29, 0.717) is 5.56 Å². The highest BCUT2D eigenvalue weighted by Gasteiger charge is 2.13. The topological polar surface area (TPSA) is 23.5 Å². The molecule has 106 valence electrons. The zero-order chi connectivity index (χ0) is 14.7. The molecule has 0 heterocycles. The van der Waals surface area contributed by atoms with E-state index in [4.69, 9.17) is 0 Å². The van der Waals surface area contributed by atoms with Crippen molar-refractivity contribution in [3.63, 3.8) is 0 Å². The van der Waals surface area contributed by atoms with Crippen molar-refractivity contribution in [3.8, 4) is 0 Å². The SMILES string of the molecule is Cc1ccccc1CN(C)c1ccc(F)cc1[C@H](C)O. The highest BCUT2D eigenvalue weighted by molar-refractivity contribution is 5.54. The number of halogens is 1. The van der Waals surface area contributed by atoms with Gasteiger partial charge in [0.2, 0.25) is 0 Å². The first-order chi connectivity index (χ1) is 9.49. The fraction of sp³-hybridized carbons (Fsp3) is 0.294. The molecule has 1 N–H and O–H groups in total. The molecule has 20 heavy (non-hydrogen) atoms. The first-order valence-electron chi connectivity index (χ1n) is 6.72. The molecule has 0 aliphatic carbocycles. The molecule has 0 aromatic heterocycles. The van der Waals surface area contributed by atoms with Crippen molar-refractivity contribution in [2.24, 2.45) is 0 Å². The highest BCUT2D eigenvalue weighted by Crippen LogP contribution is 2.27. The molecule has 0 aliphatic rings. The van der Waals surface area contributed by atoms with Gasteiger partial charge in [-0.2, -0.15) is 0 Å². The number of aliphatic hydroxyl groups is 1. The normalized spacial score (nSPS) is 12.2. The second-order valence-corrected chi connectivity index (χ2v) is 5.16. The fourth-order valence-corrected chi connectivity index (χ4v) is 2.34. The van der Waals surface area contributed by atoms with Gasteiger partial charge in [0.1, 0.15) is 5.82 Å². The molecule has 0 radical (unpaired) electrons. The van der Waals surface area contributed by atoms with E-state index in [2.05, 4.69) is 19.1 Å². The minimum absolute atomic E-state index is 0.325. The molecule has 0 saturated carbocycles. The number of benzene rings is 2. The lowest BCUT2D eigenvalue weighted by atomic mass is 10.1. The van der Waals surface area contributed by atoms with Crippen LogP contribution >= 0.6 is 0 Å². The molecule has 3 heteroatoms. The summed E-state index contributed by atoms with van der Waals surface area (Å²) in [6, 6.07) is 12.7. The fourth-order valence-electron chi connectivity index (χ4n) is 2.34. The van der Waals surface area contributed by atoms with Gasteiger partial charge in [-0.1, -0.05) is 24.3 Å². The number of anilines is 1. The first-order valence-corrected chi connectivity index (χ1v) is 6.72. The van der Waals surface area contributed by atoms with Gasteiger partial charge in [0.15, 0.2) is 0 Å². The number of aliphatic hydroxyl groups excluding tert-OH is 1. The molecule has 0 fully saturated rings. The predicted octanol–water partition coefficient (Wildman–Crippen LogP) is 3.82. The van der Waals surface area contributed by atoms with Crippen LogP contribution < -0.4 is 4.90 Å². The van der Waals surface area contributed by atoms with Crippen LogP contribution in [0.25, 0.3) is 0 Å². The van der Waals surface area contributed by atoms with E-state index >= 15 is 0 Å². The summed E-state index contributed by atoms with van der Waals surface area (Å²) in [6.45, 7) is 4.45. The third-order valence-electron chi connectivity index (χ3n) is 3.52. The Balaban J connectivity index is 2.30. The third kappa shape index (κ3) is 3.17. The van der Waals surface area contributed by atoms with E-state index in [1.54, 1.807) is 13.0 Å². The van der Waals surface area contributed by atoms with Crippen LogP contribution in [0.5, 0.6) is 0 Å². The van der Waals surface area contributed by atoms with E-state index in [1.807, 2.05) is 24.1 Å². The van der Waals surface area contributed by atoms with Crippen LogP contribution in [-0.4, -0.2) is 12.2 Å². The lowest BCUT2D eigenvalue weighted by molar-refractivity contribution is 0.199. The quantitative estimate of drug-likeness (QED) is 0.915. The molecule has 0 saturated heterocycles. The Labute approximate surface area is 119 Å². The third-order valence-corrected chi connectivity index (χ3v) is 3.52. The van der Waals surface area contributed by atoms with Crippen LogP contribution in [0.2, 0.25) is 0 Å². The summed E-state index contributed by atoms with van der Waals surface area (Å²) in [5.74, 6) is -0.325. The average molecular weight is 273 g/mol. The largest absolute Gasteiger partial charge is 0.389 e. The lowest BCUT2D eigenvalue weighted by Crippen LogP contribution is -2.19. The van der Waals surface area contributed by atoms with Crippen LogP contribution in [0.4, 0.5) is 10.1 Å². The minimum Gasteiger partial charge on any atom is -0.389 e. The maximum absolute atomic E-state index is 13.3. The average Bonchev–Trinajstić information content (AvgIpc) is 2.41. The summed E-state index contributed by atoms with van der Waals surface area (Å²) in [7, 11) is 1.95. The molecular formula is C17H20FNO. The maximum atomic E-state index is 13.3. The number of nitrogens with zero attached hydrogens (tertiary/aromatic N) is 1. The lowest BCUT2D eigenvalue weighted by Gasteiger charge is -2.24. The van der Waals surface area contributed by atoms with Gasteiger partial charge in [-0.05, 0) is 43.2 Å². The van der Waals surface area contributed by atoms with Gasteiger partial charge in [-0.15, -0.1) is 0 Å². The second kappa shape index (κ2) is 6.06.